The average Bonchev–Trinajstić information content (AvgIpc) is 2.65. The van der Waals surface area contributed by atoms with Crippen LogP contribution in [0.5, 0.6) is 0 Å². The van der Waals surface area contributed by atoms with Gasteiger partial charge < -0.3 is 0 Å². The number of thioether (sulfide) groups is 1. The summed E-state index contributed by atoms with van der Waals surface area (Å²) in [5.41, 5.74) is 1.03. The number of aromatic nitrogens is 1. The second kappa shape index (κ2) is 5.12. The number of nitrogens with zero attached hydrogens (tertiary/aromatic N) is 1. The van der Waals surface area contributed by atoms with Gasteiger partial charge in [-0.05, 0) is 25.5 Å². The van der Waals surface area contributed by atoms with Gasteiger partial charge in [0.1, 0.15) is 5.01 Å². The number of carbonyl (C=O) groups is 1. The van der Waals surface area contributed by atoms with Gasteiger partial charge in [0.2, 0.25) is 0 Å². The molecule has 0 amide bonds. The van der Waals surface area contributed by atoms with Crippen LogP contribution in [0, 0.1) is 6.92 Å². The third kappa shape index (κ3) is 3.05. The largest absolute Gasteiger partial charge is 0.298 e. The highest BCUT2D eigenvalue weighted by atomic mass is 32.2. The molecule has 1 fully saturated rings. The number of carbonyl (C=O) groups excluding carboxylic acids is 1. The maximum absolute atomic E-state index is 11.9. The van der Waals surface area contributed by atoms with Crippen molar-refractivity contribution in [1.29, 1.82) is 0 Å². The van der Waals surface area contributed by atoms with Gasteiger partial charge in [-0.2, -0.15) is 11.8 Å². The predicted molar refractivity (Wildman–Crippen MR) is 65.7 cm³/mol. The fraction of sp³-hybridized carbons (Fsp3) is 0.636. The normalized spacial score (nSPS) is 21.5. The Labute approximate surface area is 98.5 Å². The fourth-order valence-electron chi connectivity index (χ4n) is 1.74. The van der Waals surface area contributed by atoms with Gasteiger partial charge in [0, 0.05) is 11.1 Å². The number of hydrogen-bond acceptors (Lipinski definition) is 4. The van der Waals surface area contributed by atoms with E-state index in [1.54, 1.807) is 11.3 Å². The van der Waals surface area contributed by atoms with Crippen LogP contribution < -0.4 is 0 Å². The quantitative estimate of drug-likeness (QED) is 0.815. The van der Waals surface area contributed by atoms with Crippen LogP contribution in [0.2, 0.25) is 0 Å². The molecular formula is C11H15NOS2. The first-order chi connectivity index (χ1) is 7.25. The molecule has 1 aromatic rings. The number of ketones is 1. The van der Waals surface area contributed by atoms with Crippen molar-refractivity contribution in [2.75, 3.05) is 5.75 Å². The van der Waals surface area contributed by atoms with Gasteiger partial charge >= 0.3 is 0 Å². The van der Waals surface area contributed by atoms with Gasteiger partial charge in [-0.25, -0.2) is 4.98 Å². The molecule has 2 rings (SSSR count). The molecule has 1 saturated heterocycles. The molecule has 1 aromatic heterocycles. The molecule has 0 saturated carbocycles. The van der Waals surface area contributed by atoms with Gasteiger partial charge in [0.25, 0.3) is 0 Å². The molecule has 0 aromatic carbocycles. The summed E-state index contributed by atoms with van der Waals surface area (Å²) in [6.45, 7) is 1.97. The summed E-state index contributed by atoms with van der Waals surface area (Å²) in [6, 6.07) is 0. The lowest BCUT2D eigenvalue weighted by atomic mass is 10.1. The van der Waals surface area contributed by atoms with Gasteiger partial charge in [0.15, 0.2) is 5.78 Å². The molecule has 0 radical (unpaired) electrons. The molecule has 82 valence electrons. The van der Waals surface area contributed by atoms with Crippen molar-refractivity contribution in [1.82, 2.24) is 4.98 Å². The fourth-order valence-corrected chi connectivity index (χ4v) is 3.78. The Kier molecular flexibility index (Phi) is 3.81. The summed E-state index contributed by atoms with van der Waals surface area (Å²) in [5, 5.41) is 3.23. The molecule has 2 nitrogen and oxygen atoms in total. The minimum atomic E-state index is 0.239. The Bertz CT molecular complexity index is 342. The molecule has 0 aliphatic carbocycles. The second-order valence-corrected chi connectivity index (χ2v) is 6.13. The number of hydrogen-bond donors (Lipinski definition) is 0. The molecule has 1 aliphatic heterocycles. The summed E-state index contributed by atoms with van der Waals surface area (Å²) in [7, 11) is 0. The van der Waals surface area contributed by atoms with E-state index in [0.29, 0.717) is 12.2 Å². The van der Waals surface area contributed by atoms with E-state index in [4.69, 9.17) is 0 Å². The molecule has 0 bridgehead atoms. The minimum absolute atomic E-state index is 0.239. The van der Waals surface area contributed by atoms with E-state index in [2.05, 4.69) is 4.98 Å². The van der Waals surface area contributed by atoms with Crippen molar-refractivity contribution in [3.63, 3.8) is 0 Å². The maximum Gasteiger partial charge on any atom is 0.152 e. The molecule has 15 heavy (non-hydrogen) atoms. The van der Waals surface area contributed by atoms with Crippen molar-refractivity contribution in [2.45, 2.75) is 37.9 Å². The van der Waals surface area contributed by atoms with Crippen molar-refractivity contribution >= 4 is 28.9 Å². The zero-order valence-electron chi connectivity index (χ0n) is 8.86. The van der Waals surface area contributed by atoms with Crippen molar-refractivity contribution in [3.8, 4) is 0 Å². The van der Waals surface area contributed by atoms with Crippen molar-refractivity contribution in [3.05, 3.63) is 16.1 Å². The van der Waals surface area contributed by atoms with Crippen LogP contribution in [0.3, 0.4) is 0 Å². The van der Waals surface area contributed by atoms with Crippen LogP contribution in [0.4, 0.5) is 0 Å². The molecule has 1 atom stereocenters. The topological polar surface area (TPSA) is 30.0 Å². The molecule has 4 heteroatoms. The Balaban J connectivity index is 1.91. The van der Waals surface area contributed by atoms with Crippen LogP contribution in [0.15, 0.2) is 5.38 Å². The van der Waals surface area contributed by atoms with Gasteiger partial charge in [-0.15, -0.1) is 11.3 Å². The molecule has 0 spiro atoms. The number of aryl methyl sites for hydroxylation is 1. The molecule has 1 aliphatic rings. The Morgan fingerprint density at radius 2 is 2.47 bits per heavy atom. The lowest BCUT2D eigenvalue weighted by molar-refractivity contribution is -0.118. The monoisotopic (exact) mass is 241 g/mol. The van der Waals surface area contributed by atoms with Crippen LogP contribution in [0.1, 0.15) is 30.0 Å². The minimum Gasteiger partial charge on any atom is -0.298 e. The molecular weight excluding hydrogens is 226 g/mol. The first-order valence-electron chi connectivity index (χ1n) is 5.31. The van der Waals surface area contributed by atoms with Crippen molar-refractivity contribution in [2.24, 2.45) is 0 Å². The third-order valence-electron chi connectivity index (χ3n) is 2.53. The average molecular weight is 241 g/mol. The van der Waals surface area contributed by atoms with E-state index in [9.17, 15) is 4.79 Å². The van der Waals surface area contributed by atoms with Crippen LogP contribution in [0.25, 0.3) is 0 Å². The van der Waals surface area contributed by atoms with Crippen LogP contribution in [-0.2, 0) is 11.2 Å². The standard InChI is InChI=1S/C11H15NOS2/c1-8-7-15-11(12-8)6-9(13)10-4-2-3-5-14-10/h7,10H,2-6H2,1H3. The summed E-state index contributed by atoms with van der Waals surface area (Å²) in [4.78, 5) is 16.3. The van der Waals surface area contributed by atoms with E-state index in [1.807, 2.05) is 24.1 Å². The molecule has 2 heterocycles. The highest BCUT2D eigenvalue weighted by Crippen LogP contribution is 2.26. The maximum atomic E-state index is 11.9. The zero-order chi connectivity index (χ0) is 10.7. The lowest BCUT2D eigenvalue weighted by Gasteiger charge is -2.19. The lowest BCUT2D eigenvalue weighted by Crippen LogP contribution is -2.22. The zero-order valence-corrected chi connectivity index (χ0v) is 10.5. The SMILES string of the molecule is Cc1csc(CC(=O)C2CCCCS2)n1. The van der Waals surface area contributed by atoms with Gasteiger partial charge in [-0.3, -0.25) is 4.79 Å². The summed E-state index contributed by atoms with van der Waals surface area (Å²) in [5.74, 6) is 1.52. The highest BCUT2D eigenvalue weighted by Gasteiger charge is 2.22. The highest BCUT2D eigenvalue weighted by molar-refractivity contribution is 8.00. The van der Waals surface area contributed by atoms with Gasteiger partial charge in [-0.1, -0.05) is 6.42 Å². The predicted octanol–water partition coefficient (Wildman–Crippen LogP) is 2.85. The Hall–Kier alpha value is -0.350. The van der Waals surface area contributed by atoms with E-state index < -0.39 is 0 Å². The third-order valence-corrected chi connectivity index (χ3v) is 4.92. The Morgan fingerprint density at radius 3 is 3.07 bits per heavy atom. The van der Waals surface area contributed by atoms with E-state index in [0.717, 1.165) is 22.9 Å². The molecule has 0 N–H and O–H groups in total. The number of thiazole rings is 1. The number of rotatable bonds is 3. The second-order valence-electron chi connectivity index (χ2n) is 3.88. The van der Waals surface area contributed by atoms with Crippen molar-refractivity contribution < 1.29 is 4.79 Å². The Morgan fingerprint density at radius 1 is 1.60 bits per heavy atom. The van der Waals surface area contributed by atoms with E-state index in [-0.39, 0.29) is 5.25 Å². The molecule has 1 unspecified atom stereocenters. The van der Waals surface area contributed by atoms with Crippen LogP contribution >= 0.6 is 23.1 Å². The first-order valence-corrected chi connectivity index (χ1v) is 7.24. The smallest absolute Gasteiger partial charge is 0.152 e. The summed E-state index contributed by atoms with van der Waals surface area (Å²) < 4.78 is 0. The summed E-state index contributed by atoms with van der Waals surface area (Å²) in [6.07, 6.45) is 4.08. The first kappa shape index (κ1) is 11.1. The van der Waals surface area contributed by atoms with Crippen LogP contribution in [-0.4, -0.2) is 21.8 Å². The van der Waals surface area contributed by atoms with E-state index >= 15 is 0 Å². The number of Topliss-reactive ketones (excluding diaryl/α,β-unsaturated/α-hetero) is 1. The van der Waals surface area contributed by atoms with Gasteiger partial charge in [0.05, 0.1) is 11.7 Å². The van der Waals surface area contributed by atoms with E-state index in [1.165, 1.54) is 12.8 Å². The summed E-state index contributed by atoms with van der Waals surface area (Å²) >= 11 is 3.43.